The summed E-state index contributed by atoms with van der Waals surface area (Å²) in [6.07, 6.45) is 6.47. The molecule has 0 spiro atoms. The number of nitrogens with zero attached hydrogens (tertiary/aromatic N) is 2. The van der Waals surface area contributed by atoms with Crippen LogP contribution >= 0.6 is 39.3 Å². The molecule has 3 rings (SSSR count). The van der Waals surface area contributed by atoms with Crippen LogP contribution in [0.1, 0.15) is 25.5 Å². The Bertz CT molecular complexity index is 658. The molecule has 7 heteroatoms. The van der Waals surface area contributed by atoms with Crippen LogP contribution in [0.4, 0.5) is 4.39 Å². The van der Waals surface area contributed by atoms with E-state index in [1.807, 2.05) is 6.26 Å². The van der Waals surface area contributed by atoms with Gasteiger partial charge in [0.2, 0.25) is 0 Å². The van der Waals surface area contributed by atoms with Crippen LogP contribution in [-0.4, -0.2) is 22.6 Å². The molecule has 0 bridgehead atoms. The summed E-state index contributed by atoms with van der Waals surface area (Å²) in [5.74, 6) is -0.406. The molecular weight excluding hydrogens is 367 g/mol. The van der Waals surface area contributed by atoms with Crippen LogP contribution in [0, 0.1) is 5.82 Å². The van der Waals surface area contributed by atoms with Gasteiger partial charge in [0.15, 0.2) is 12.0 Å². The summed E-state index contributed by atoms with van der Waals surface area (Å²) in [6, 6.07) is 0. The minimum absolute atomic E-state index is 0.103. The first-order valence-electron chi connectivity index (χ1n) is 6.34. The van der Waals surface area contributed by atoms with Crippen LogP contribution in [0.2, 0.25) is 5.02 Å². The van der Waals surface area contributed by atoms with Crippen molar-refractivity contribution < 1.29 is 9.13 Å². The number of thioether (sulfide) groups is 1. The van der Waals surface area contributed by atoms with Crippen LogP contribution in [0.25, 0.3) is 10.9 Å². The normalized spacial score (nSPS) is 19.7. The highest BCUT2D eigenvalue weighted by Crippen LogP contribution is 2.41. The van der Waals surface area contributed by atoms with Crippen LogP contribution in [0.3, 0.4) is 0 Å². The highest BCUT2D eigenvalue weighted by atomic mass is 79.9. The zero-order valence-electron chi connectivity index (χ0n) is 10.8. The Kier molecular flexibility index (Phi) is 4.26. The molecule has 1 aromatic heterocycles. The quantitative estimate of drug-likeness (QED) is 0.542. The summed E-state index contributed by atoms with van der Waals surface area (Å²) in [5, 5.41) is 5.31. The monoisotopic (exact) mass is 378 g/mol. The van der Waals surface area contributed by atoms with Crippen molar-refractivity contribution in [3.8, 4) is 0 Å². The first-order valence-corrected chi connectivity index (χ1v) is 8.74. The Morgan fingerprint density at radius 2 is 2.35 bits per heavy atom. The molecule has 0 amide bonds. The Morgan fingerprint density at radius 1 is 1.55 bits per heavy atom. The van der Waals surface area contributed by atoms with Crippen LogP contribution in [0.15, 0.2) is 15.6 Å². The van der Waals surface area contributed by atoms with Crippen molar-refractivity contribution >= 4 is 50.2 Å². The second-order valence-electron chi connectivity index (χ2n) is 4.65. The third-order valence-corrected chi connectivity index (χ3v) is 5.65. The van der Waals surface area contributed by atoms with Gasteiger partial charge in [-0.3, -0.25) is 0 Å². The van der Waals surface area contributed by atoms with Gasteiger partial charge in [0, 0.05) is 12.0 Å². The van der Waals surface area contributed by atoms with E-state index in [-0.39, 0.29) is 11.3 Å². The van der Waals surface area contributed by atoms with Crippen molar-refractivity contribution in [3.05, 3.63) is 21.5 Å². The predicted molar refractivity (Wildman–Crippen MR) is 83.0 cm³/mol. The number of halogens is 3. The van der Waals surface area contributed by atoms with Gasteiger partial charge in [-0.1, -0.05) is 11.6 Å². The van der Waals surface area contributed by atoms with Crippen molar-refractivity contribution in [1.29, 1.82) is 0 Å². The van der Waals surface area contributed by atoms with Gasteiger partial charge in [-0.15, -0.1) is 11.8 Å². The number of hydrogen-bond acceptors (Lipinski definition) is 3. The summed E-state index contributed by atoms with van der Waals surface area (Å²) in [7, 11) is 0. The molecule has 2 aromatic rings. The molecule has 1 saturated heterocycles. The van der Waals surface area contributed by atoms with Gasteiger partial charge in [-0.25, -0.2) is 9.07 Å². The molecule has 1 aliphatic rings. The molecule has 2 heterocycles. The Balaban J connectivity index is 2.24. The maximum absolute atomic E-state index is 14.4. The van der Waals surface area contributed by atoms with Gasteiger partial charge in [0.1, 0.15) is 0 Å². The smallest absolute Gasteiger partial charge is 0.158 e. The van der Waals surface area contributed by atoms with Gasteiger partial charge in [0.25, 0.3) is 0 Å². The standard InChI is InChI=1S/C13H13BrClFN2OS/c1-20-13-11(16)10(15)9(14)7-6-17-18(12(7)13)8-4-2-3-5-19-8/h6,8H,2-5H2,1H3. The minimum atomic E-state index is -0.406. The molecule has 108 valence electrons. The topological polar surface area (TPSA) is 27.1 Å². The number of ether oxygens (including phenoxy) is 1. The fourth-order valence-corrected chi connectivity index (χ4v) is 3.88. The lowest BCUT2D eigenvalue weighted by Gasteiger charge is -2.24. The average Bonchev–Trinajstić information content (AvgIpc) is 2.91. The molecule has 0 saturated carbocycles. The summed E-state index contributed by atoms with van der Waals surface area (Å²) in [4.78, 5) is 0.514. The zero-order valence-corrected chi connectivity index (χ0v) is 14.0. The molecule has 1 aromatic carbocycles. The highest BCUT2D eigenvalue weighted by Gasteiger charge is 2.25. The van der Waals surface area contributed by atoms with E-state index in [1.165, 1.54) is 11.8 Å². The van der Waals surface area contributed by atoms with Crippen LogP contribution in [0.5, 0.6) is 0 Å². The molecule has 1 unspecified atom stereocenters. The SMILES string of the molecule is CSc1c(F)c(Cl)c(Br)c2cnn(C3CCCCO3)c12. The molecular formula is C13H13BrClFN2OS. The summed E-state index contributed by atoms with van der Waals surface area (Å²) >= 11 is 10.7. The Labute approximate surface area is 133 Å². The largest absolute Gasteiger partial charge is 0.356 e. The molecule has 20 heavy (non-hydrogen) atoms. The summed E-state index contributed by atoms with van der Waals surface area (Å²) < 4.78 is 22.4. The second kappa shape index (κ2) is 5.83. The fraction of sp³-hybridized carbons (Fsp3) is 0.462. The summed E-state index contributed by atoms with van der Waals surface area (Å²) in [6.45, 7) is 0.720. The van der Waals surface area contributed by atoms with Gasteiger partial charge in [0.05, 0.1) is 26.1 Å². The fourth-order valence-electron chi connectivity index (χ4n) is 2.49. The van der Waals surface area contributed by atoms with E-state index < -0.39 is 5.82 Å². The number of fused-ring (bicyclic) bond motifs is 1. The van der Waals surface area contributed by atoms with Crippen molar-refractivity contribution in [1.82, 2.24) is 9.78 Å². The lowest BCUT2D eigenvalue weighted by molar-refractivity contribution is -0.0369. The van der Waals surface area contributed by atoms with E-state index in [0.717, 1.165) is 36.8 Å². The molecule has 0 aliphatic carbocycles. The average molecular weight is 380 g/mol. The van der Waals surface area contributed by atoms with E-state index in [9.17, 15) is 4.39 Å². The number of hydrogen-bond donors (Lipinski definition) is 0. The molecule has 0 radical (unpaired) electrons. The lowest BCUT2D eigenvalue weighted by atomic mass is 10.2. The first kappa shape index (κ1) is 14.6. The van der Waals surface area contributed by atoms with Crippen molar-refractivity contribution in [2.24, 2.45) is 0 Å². The second-order valence-corrected chi connectivity index (χ2v) is 6.64. The third-order valence-electron chi connectivity index (χ3n) is 3.46. The maximum atomic E-state index is 14.4. The summed E-state index contributed by atoms with van der Waals surface area (Å²) in [5.41, 5.74) is 0.748. The maximum Gasteiger partial charge on any atom is 0.158 e. The number of aromatic nitrogens is 2. The first-order chi connectivity index (χ1) is 9.65. The highest BCUT2D eigenvalue weighted by molar-refractivity contribution is 9.10. The van der Waals surface area contributed by atoms with Crippen LogP contribution < -0.4 is 0 Å². The molecule has 1 atom stereocenters. The van der Waals surface area contributed by atoms with Gasteiger partial charge in [-0.2, -0.15) is 5.10 Å². The van der Waals surface area contributed by atoms with E-state index >= 15 is 0 Å². The van der Waals surface area contributed by atoms with Gasteiger partial charge in [-0.05, 0) is 41.4 Å². The Morgan fingerprint density at radius 3 is 3.00 bits per heavy atom. The Hall–Kier alpha value is -0.300. The predicted octanol–water partition coefficient (Wildman–Crippen LogP) is 5.01. The third kappa shape index (κ3) is 2.26. The van der Waals surface area contributed by atoms with Gasteiger partial charge < -0.3 is 4.74 Å². The lowest BCUT2D eigenvalue weighted by Crippen LogP contribution is -2.19. The molecule has 1 fully saturated rings. The molecule has 1 aliphatic heterocycles. The van der Waals surface area contributed by atoms with E-state index in [4.69, 9.17) is 16.3 Å². The van der Waals surface area contributed by atoms with E-state index in [2.05, 4.69) is 21.0 Å². The minimum Gasteiger partial charge on any atom is -0.356 e. The number of rotatable bonds is 2. The van der Waals surface area contributed by atoms with E-state index in [1.54, 1.807) is 10.9 Å². The van der Waals surface area contributed by atoms with Crippen molar-refractivity contribution in [3.63, 3.8) is 0 Å². The number of benzene rings is 1. The van der Waals surface area contributed by atoms with Gasteiger partial charge >= 0.3 is 0 Å². The zero-order chi connectivity index (χ0) is 14.3. The molecule has 0 N–H and O–H groups in total. The van der Waals surface area contributed by atoms with Crippen LogP contribution in [-0.2, 0) is 4.74 Å². The van der Waals surface area contributed by atoms with E-state index in [0.29, 0.717) is 9.37 Å². The van der Waals surface area contributed by atoms with Crippen molar-refractivity contribution in [2.75, 3.05) is 12.9 Å². The molecule has 3 nitrogen and oxygen atoms in total. The van der Waals surface area contributed by atoms with Crippen molar-refractivity contribution in [2.45, 2.75) is 30.4 Å².